The van der Waals surface area contributed by atoms with Crippen LogP contribution < -0.4 is 10.9 Å². The molecule has 0 aliphatic heterocycles. The molecule has 0 atom stereocenters. The number of aryl methyl sites for hydroxylation is 1. The molecule has 0 saturated carbocycles. The minimum absolute atomic E-state index is 0.0867. The van der Waals surface area contributed by atoms with Crippen LogP contribution in [0.1, 0.15) is 5.56 Å². The summed E-state index contributed by atoms with van der Waals surface area (Å²) in [5.41, 5.74) is 3.65. The van der Waals surface area contributed by atoms with Gasteiger partial charge in [0.05, 0.1) is 21.9 Å². The second kappa shape index (κ2) is 7.47. The number of thiazole rings is 1. The van der Waals surface area contributed by atoms with E-state index < -0.39 is 0 Å². The van der Waals surface area contributed by atoms with Gasteiger partial charge in [-0.15, -0.1) is 22.7 Å². The summed E-state index contributed by atoms with van der Waals surface area (Å²) in [4.78, 5) is 34.4. The van der Waals surface area contributed by atoms with Crippen molar-refractivity contribution in [2.45, 2.75) is 13.5 Å². The van der Waals surface area contributed by atoms with E-state index in [0.717, 1.165) is 20.8 Å². The molecule has 0 radical (unpaired) electrons. The number of amides is 1. The minimum Gasteiger partial charge on any atom is -0.325 e. The van der Waals surface area contributed by atoms with Crippen molar-refractivity contribution in [2.75, 3.05) is 5.32 Å². The van der Waals surface area contributed by atoms with Crippen LogP contribution in [0.4, 0.5) is 5.69 Å². The quantitative estimate of drug-likeness (QED) is 0.447. The molecule has 5 aromatic rings. The van der Waals surface area contributed by atoms with Gasteiger partial charge >= 0.3 is 0 Å². The Bertz CT molecular complexity index is 1450. The van der Waals surface area contributed by atoms with E-state index in [1.54, 1.807) is 17.4 Å². The molecule has 0 aliphatic carbocycles. The van der Waals surface area contributed by atoms with Crippen molar-refractivity contribution in [1.82, 2.24) is 14.5 Å². The molecule has 0 fully saturated rings. The monoisotopic (exact) mass is 432 g/mol. The highest BCUT2D eigenvalue weighted by molar-refractivity contribution is 7.21. The molecule has 0 spiro atoms. The van der Waals surface area contributed by atoms with Crippen molar-refractivity contribution in [1.29, 1.82) is 0 Å². The maximum atomic E-state index is 12.4. The molecule has 148 valence electrons. The molecule has 0 aliphatic rings. The molecule has 6 nitrogen and oxygen atoms in total. The third kappa shape index (κ3) is 3.51. The fourth-order valence-electron chi connectivity index (χ4n) is 3.21. The summed E-state index contributed by atoms with van der Waals surface area (Å²) < 4.78 is 2.48. The fraction of sp³-hybridized carbons (Fsp3) is 0.0909. The van der Waals surface area contributed by atoms with Crippen molar-refractivity contribution in [3.05, 3.63) is 76.2 Å². The van der Waals surface area contributed by atoms with Gasteiger partial charge in [0.15, 0.2) is 0 Å². The van der Waals surface area contributed by atoms with Crippen LogP contribution in [-0.2, 0) is 11.3 Å². The summed E-state index contributed by atoms with van der Waals surface area (Å²) in [7, 11) is 0. The summed E-state index contributed by atoms with van der Waals surface area (Å²) >= 11 is 3.05. The minimum atomic E-state index is -0.281. The smallest absolute Gasteiger partial charge is 0.262 e. The Balaban J connectivity index is 1.31. The highest BCUT2D eigenvalue weighted by Gasteiger charge is 2.10. The molecule has 1 amide bonds. The van der Waals surface area contributed by atoms with Crippen LogP contribution >= 0.6 is 22.7 Å². The Morgan fingerprint density at radius 1 is 1.13 bits per heavy atom. The maximum absolute atomic E-state index is 12.4. The van der Waals surface area contributed by atoms with Crippen molar-refractivity contribution >= 4 is 54.7 Å². The zero-order valence-corrected chi connectivity index (χ0v) is 17.6. The lowest BCUT2D eigenvalue weighted by Crippen LogP contribution is -2.27. The van der Waals surface area contributed by atoms with Gasteiger partial charge in [-0.3, -0.25) is 14.2 Å². The lowest BCUT2D eigenvalue weighted by atomic mass is 10.2. The van der Waals surface area contributed by atoms with Gasteiger partial charge in [-0.1, -0.05) is 6.07 Å². The average molecular weight is 433 g/mol. The third-order valence-electron chi connectivity index (χ3n) is 4.72. The van der Waals surface area contributed by atoms with E-state index in [9.17, 15) is 9.59 Å². The summed E-state index contributed by atoms with van der Waals surface area (Å²) in [5, 5.41) is 6.12. The third-order valence-corrected chi connectivity index (χ3v) is 6.61. The van der Waals surface area contributed by atoms with Gasteiger partial charge < -0.3 is 5.32 Å². The van der Waals surface area contributed by atoms with Gasteiger partial charge in [-0.25, -0.2) is 9.97 Å². The first-order valence-corrected chi connectivity index (χ1v) is 11.0. The first-order chi connectivity index (χ1) is 14.6. The Hall–Kier alpha value is -3.36. The summed E-state index contributed by atoms with van der Waals surface area (Å²) in [6, 6.07) is 15.5. The van der Waals surface area contributed by atoms with Gasteiger partial charge in [0, 0.05) is 11.3 Å². The van der Waals surface area contributed by atoms with Crippen molar-refractivity contribution < 1.29 is 4.79 Å². The first kappa shape index (κ1) is 18.7. The predicted molar refractivity (Wildman–Crippen MR) is 122 cm³/mol. The van der Waals surface area contributed by atoms with Crippen LogP contribution in [0, 0.1) is 6.92 Å². The zero-order chi connectivity index (χ0) is 20.7. The van der Waals surface area contributed by atoms with Gasteiger partial charge in [0.25, 0.3) is 5.56 Å². The average Bonchev–Trinajstić information content (AvgIpc) is 3.37. The standard InChI is InChI=1S/C22H16N4O2S2/c1-13-2-7-17-18(10-13)30-20(25-17)14-3-5-15(6-4-14)24-19(27)11-26-12-23-21-16(22(26)28)8-9-29-21/h2-10,12H,11H2,1H3,(H,24,27). The van der Waals surface area contributed by atoms with Gasteiger partial charge in [0.2, 0.25) is 5.91 Å². The number of nitrogens with one attached hydrogen (secondary N) is 1. The fourth-order valence-corrected chi connectivity index (χ4v) is 5.01. The highest BCUT2D eigenvalue weighted by atomic mass is 32.1. The van der Waals surface area contributed by atoms with Gasteiger partial charge in [0.1, 0.15) is 16.4 Å². The molecule has 0 unspecified atom stereocenters. The van der Waals surface area contributed by atoms with Crippen LogP contribution in [0.3, 0.4) is 0 Å². The van der Waals surface area contributed by atoms with E-state index in [4.69, 9.17) is 0 Å². The number of aromatic nitrogens is 3. The molecule has 0 saturated heterocycles. The Morgan fingerprint density at radius 2 is 1.97 bits per heavy atom. The Morgan fingerprint density at radius 3 is 2.80 bits per heavy atom. The molecule has 0 bridgehead atoms. The SMILES string of the molecule is Cc1ccc2nc(-c3ccc(NC(=O)Cn4cnc5sccc5c4=O)cc3)sc2c1. The molecule has 1 N–H and O–H groups in total. The zero-order valence-electron chi connectivity index (χ0n) is 16.0. The topological polar surface area (TPSA) is 76.9 Å². The predicted octanol–water partition coefficient (Wildman–Crippen LogP) is 4.68. The molecule has 3 heterocycles. The second-order valence-corrected chi connectivity index (χ2v) is 8.86. The number of hydrogen-bond donors (Lipinski definition) is 1. The molecular weight excluding hydrogens is 416 g/mol. The number of hydrogen-bond acceptors (Lipinski definition) is 6. The van der Waals surface area contributed by atoms with Crippen LogP contribution in [0.15, 0.2) is 65.0 Å². The van der Waals surface area contributed by atoms with E-state index in [2.05, 4.69) is 34.3 Å². The summed E-state index contributed by atoms with van der Waals surface area (Å²) in [6.45, 7) is 1.98. The summed E-state index contributed by atoms with van der Waals surface area (Å²) in [5.74, 6) is -0.281. The number of carbonyl (C=O) groups is 1. The first-order valence-electron chi connectivity index (χ1n) is 9.27. The number of thiophene rings is 1. The number of fused-ring (bicyclic) bond motifs is 2. The molecule has 2 aromatic carbocycles. The lowest BCUT2D eigenvalue weighted by Gasteiger charge is -2.07. The normalized spacial score (nSPS) is 11.2. The Labute approximate surface area is 179 Å². The van der Waals surface area contributed by atoms with Gasteiger partial charge in [-0.05, 0) is 60.3 Å². The van der Waals surface area contributed by atoms with E-state index in [1.165, 1.54) is 27.8 Å². The van der Waals surface area contributed by atoms with E-state index in [-0.39, 0.29) is 18.0 Å². The molecular formula is C22H16N4O2S2. The van der Waals surface area contributed by atoms with Crippen LogP contribution in [0.2, 0.25) is 0 Å². The molecule has 30 heavy (non-hydrogen) atoms. The van der Waals surface area contributed by atoms with Crippen LogP contribution in [-0.4, -0.2) is 20.4 Å². The van der Waals surface area contributed by atoms with E-state index in [1.807, 2.05) is 35.7 Å². The number of anilines is 1. The van der Waals surface area contributed by atoms with Crippen molar-refractivity contribution in [3.8, 4) is 10.6 Å². The van der Waals surface area contributed by atoms with Crippen LogP contribution in [0.5, 0.6) is 0 Å². The molecule has 3 aromatic heterocycles. The van der Waals surface area contributed by atoms with Crippen molar-refractivity contribution in [3.63, 3.8) is 0 Å². The number of benzene rings is 2. The highest BCUT2D eigenvalue weighted by Crippen LogP contribution is 2.31. The second-order valence-electron chi connectivity index (χ2n) is 6.93. The van der Waals surface area contributed by atoms with E-state index >= 15 is 0 Å². The van der Waals surface area contributed by atoms with Gasteiger partial charge in [-0.2, -0.15) is 0 Å². The number of carbonyl (C=O) groups excluding carboxylic acids is 1. The van der Waals surface area contributed by atoms with E-state index in [0.29, 0.717) is 15.9 Å². The summed E-state index contributed by atoms with van der Waals surface area (Å²) in [6.07, 6.45) is 1.42. The maximum Gasteiger partial charge on any atom is 0.262 e. The molecule has 5 rings (SSSR count). The Kier molecular flexibility index (Phi) is 4.65. The number of nitrogens with zero attached hydrogens (tertiary/aromatic N) is 3. The van der Waals surface area contributed by atoms with Crippen molar-refractivity contribution in [2.24, 2.45) is 0 Å². The number of rotatable bonds is 4. The lowest BCUT2D eigenvalue weighted by molar-refractivity contribution is -0.116. The molecule has 8 heteroatoms. The van der Waals surface area contributed by atoms with Crippen LogP contribution in [0.25, 0.3) is 31.0 Å². The largest absolute Gasteiger partial charge is 0.325 e.